The molecule has 0 saturated heterocycles. The summed E-state index contributed by atoms with van der Waals surface area (Å²) in [4.78, 5) is 16.7. The first kappa shape index (κ1) is 19.0. The minimum absolute atomic E-state index is 0.0615. The fourth-order valence-electron chi connectivity index (χ4n) is 3.41. The third-order valence-electron chi connectivity index (χ3n) is 4.87. The molecular weight excluding hydrogens is 336 g/mol. The Morgan fingerprint density at radius 2 is 1.93 bits per heavy atom. The fraction of sp³-hybridized carbons (Fsp3) is 0.364. The SMILES string of the molecule is CCNC(=NCC1CC(=O)Nc2ccccc21)NCCc1ccccc1C. The minimum Gasteiger partial charge on any atom is -0.357 e. The number of carbonyl (C=O) groups is 1. The van der Waals surface area contributed by atoms with Crippen LogP contribution in [0.25, 0.3) is 0 Å². The molecule has 2 aromatic carbocycles. The number of aliphatic imine (C=N–C) groups is 1. The van der Waals surface area contributed by atoms with Gasteiger partial charge < -0.3 is 16.0 Å². The van der Waals surface area contributed by atoms with Crippen LogP contribution < -0.4 is 16.0 Å². The summed E-state index contributed by atoms with van der Waals surface area (Å²) in [6, 6.07) is 16.4. The Bertz CT molecular complexity index is 815. The lowest BCUT2D eigenvalue weighted by Gasteiger charge is -2.24. The number of benzene rings is 2. The molecular formula is C22H28N4O. The van der Waals surface area contributed by atoms with E-state index < -0.39 is 0 Å². The fourth-order valence-corrected chi connectivity index (χ4v) is 3.41. The van der Waals surface area contributed by atoms with Crippen molar-refractivity contribution in [3.05, 3.63) is 65.2 Å². The summed E-state index contributed by atoms with van der Waals surface area (Å²) in [5.41, 5.74) is 4.73. The van der Waals surface area contributed by atoms with Crippen LogP contribution in [0.2, 0.25) is 0 Å². The van der Waals surface area contributed by atoms with Crippen LogP contribution in [0.15, 0.2) is 53.5 Å². The summed E-state index contributed by atoms with van der Waals surface area (Å²) >= 11 is 0. The van der Waals surface area contributed by atoms with E-state index in [4.69, 9.17) is 4.99 Å². The summed E-state index contributed by atoms with van der Waals surface area (Å²) in [6.45, 7) is 6.41. The predicted molar refractivity (Wildman–Crippen MR) is 111 cm³/mol. The van der Waals surface area contributed by atoms with Crippen molar-refractivity contribution in [3.63, 3.8) is 0 Å². The van der Waals surface area contributed by atoms with Gasteiger partial charge in [-0.3, -0.25) is 9.79 Å². The highest BCUT2D eigenvalue weighted by molar-refractivity contribution is 5.94. The van der Waals surface area contributed by atoms with Crippen molar-refractivity contribution in [1.29, 1.82) is 0 Å². The molecule has 0 saturated carbocycles. The number of nitrogens with one attached hydrogen (secondary N) is 3. The van der Waals surface area contributed by atoms with Crippen LogP contribution in [-0.4, -0.2) is 31.5 Å². The molecule has 0 aromatic heterocycles. The molecule has 1 aliphatic heterocycles. The number of para-hydroxylation sites is 1. The summed E-state index contributed by atoms with van der Waals surface area (Å²) in [7, 11) is 0. The standard InChI is InChI=1S/C22H28N4O/c1-3-23-22(24-13-12-17-9-5-4-8-16(17)2)25-15-18-14-21(27)26-20-11-7-6-10-19(18)20/h4-11,18H,3,12-15H2,1-2H3,(H,26,27)(H2,23,24,25). The van der Waals surface area contributed by atoms with Crippen molar-refractivity contribution in [3.8, 4) is 0 Å². The van der Waals surface area contributed by atoms with Crippen molar-refractivity contribution in [2.45, 2.75) is 32.6 Å². The van der Waals surface area contributed by atoms with Gasteiger partial charge in [0.15, 0.2) is 5.96 Å². The number of rotatable bonds is 6. The Morgan fingerprint density at radius 1 is 1.15 bits per heavy atom. The largest absolute Gasteiger partial charge is 0.357 e. The average Bonchev–Trinajstić information content (AvgIpc) is 2.67. The first-order valence-corrected chi connectivity index (χ1v) is 9.63. The topological polar surface area (TPSA) is 65.5 Å². The number of carbonyl (C=O) groups excluding carboxylic acids is 1. The summed E-state index contributed by atoms with van der Waals surface area (Å²) in [6.07, 6.45) is 1.43. The van der Waals surface area contributed by atoms with E-state index in [9.17, 15) is 4.79 Å². The van der Waals surface area contributed by atoms with Gasteiger partial charge in [-0.1, -0.05) is 42.5 Å². The Balaban J connectivity index is 1.62. The second-order valence-electron chi connectivity index (χ2n) is 6.86. The van der Waals surface area contributed by atoms with E-state index in [0.29, 0.717) is 13.0 Å². The van der Waals surface area contributed by atoms with Gasteiger partial charge in [-0.15, -0.1) is 0 Å². The highest BCUT2D eigenvalue weighted by Crippen LogP contribution is 2.31. The van der Waals surface area contributed by atoms with Gasteiger partial charge in [0, 0.05) is 31.1 Å². The number of anilines is 1. The van der Waals surface area contributed by atoms with E-state index in [0.717, 1.165) is 36.7 Å². The normalized spacial score (nSPS) is 16.4. The molecule has 5 nitrogen and oxygen atoms in total. The van der Waals surface area contributed by atoms with Crippen molar-refractivity contribution >= 4 is 17.6 Å². The monoisotopic (exact) mass is 364 g/mol. The van der Waals surface area contributed by atoms with Crippen molar-refractivity contribution in [1.82, 2.24) is 10.6 Å². The average molecular weight is 364 g/mol. The molecule has 5 heteroatoms. The van der Waals surface area contributed by atoms with Crippen LogP contribution in [0.1, 0.15) is 36.0 Å². The summed E-state index contributed by atoms with van der Waals surface area (Å²) < 4.78 is 0. The molecule has 1 aliphatic rings. The molecule has 27 heavy (non-hydrogen) atoms. The first-order valence-electron chi connectivity index (χ1n) is 9.63. The molecule has 3 N–H and O–H groups in total. The Kier molecular flexibility index (Phi) is 6.47. The molecule has 0 radical (unpaired) electrons. The highest BCUT2D eigenvalue weighted by Gasteiger charge is 2.24. The maximum absolute atomic E-state index is 12.0. The Hall–Kier alpha value is -2.82. The van der Waals surface area contributed by atoms with E-state index >= 15 is 0 Å². The summed E-state index contributed by atoms with van der Waals surface area (Å²) in [5, 5.41) is 9.65. The zero-order valence-corrected chi connectivity index (χ0v) is 16.1. The molecule has 1 atom stereocenters. The van der Waals surface area contributed by atoms with Crippen molar-refractivity contribution in [2.75, 3.05) is 25.0 Å². The third-order valence-corrected chi connectivity index (χ3v) is 4.87. The van der Waals surface area contributed by atoms with Gasteiger partial charge in [0.05, 0.1) is 6.54 Å². The number of nitrogens with zero attached hydrogens (tertiary/aromatic N) is 1. The van der Waals surface area contributed by atoms with Crippen LogP contribution >= 0.6 is 0 Å². The number of guanidine groups is 1. The van der Waals surface area contributed by atoms with Crippen LogP contribution in [0, 0.1) is 6.92 Å². The highest BCUT2D eigenvalue weighted by atomic mass is 16.1. The van der Waals surface area contributed by atoms with Crippen LogP contribution in [0.5, 0.6) is 0 Å². The van der Waals surface area contributed by atoms with Crippen molar-refractivity contribution < 1.29 is 4.79 Å². The Morgan fingerprint density at radius 3 is 2.74 bits per heavy atom. The first-order chi connectivity index (χ1) is 13.2. The predicted octanol–water partition coefficient (Wildman–Crippen LogP) is 3.22. The van der Waals surface area contributed by atoms with E-state index in [2.05, 4.69) is 60.1 Å². The molecule has 1 amide bonds. The Labute approximate surface area is 161 Å². The van der Waals surface area contributed by atoms with E-state index in [1.807, 2.05) is 18.2 Å². The minimum atomic E-state index is 0.0615. The van der Waals surface area contributed by atoms with Crippen LogP contribution in [0.3, 0.4) is 0 Å². The van der Waals surface area contributed by atoms with Gasteiger partial charge in [-0.25, -0.2) is 0 Å². The molecule has 0 fully saturated rings. The van der Waals surface area contributed by atoms with E-state index in [-0.39, 0.29) is 11.8 Å². The molecule has 0 spiro atoms. The van der Waals surface area contributed by atoms with E-state index in [1.165, 1.54) is 11.1 Å². The van der Waals surface area contributed by atoms with Gasteiger partial charge in [-0.05, 0) is 43.0 Å². The smallest absolute Gasteiger partial charge is 0.225 e. The number of aryl methyl sites for hydroxylation is 1. The lowest BCUT2D eigenvalue weighted by atomic mass is 9.91. The number of amides is 1. The molecule has 1 heterocycles. The summed E-state index contributed by atoms with van der Waals surface area (Å²) in [5.74, 6) is 0.975. The van der Waals surface area contributed by atoms with Crippen LogP contribution in [-0.2, 0) is 11.2 Å². The maximum Gasteiger partial charge on any atom is 0.225 e. The van der Waals surface area contributed by atoms with Gasteiger partial charge in [-0.2, -0.15) is 0 Å². The van der Waals surface area contributed by atoms with E-state index in [1.54, 1.807) is 0 Å². The number of fused-ring (bicyclic) bond motifs is 1. The van der Waals surface area contributed by atoms with Crippen LogP contribution in [0.4, 0.5) is 5.69 Å². The zero-order valence-electron chi connectivity index (χ0n) is 16.1. The molecule has 2 aromatic rings. The second-order valence-corrected chi connectivity index (χ2v) is 6.86. The van der Waals surface area contributed by atoms with Gasteiger partial charge in [0.25, 0.3) is 0 Å². The quantitative estimate of drug-likeness (QED) is 0.545. The lowest BCUT2D eigenvalue weighted by Crippen LogP contribution is -2.39. The molecule has 3 rings (SSSR count). The maximum atomic E-state index is 12.0. The zero-order chi connectivity index (χ0) is 19.1. The molecule has 142 valence electrons. The number of hydrogen-bond donors (Lipinski definition) is 3. The second kappa shape index (κ2) is 9.21. The molecule has 0 aliphatic carbocycles. The van der Waals surface area contributed by atoms with Gasteiger partial charge in [0.2, 0.25) is 5.91 Å². The molecule has 1 unspecified atom stereocenters. The van der Waals surface area contributed by atoms with Gasteiger partial charge >= 0.3 is 0 Å². The van der Waals surface area contributed by atoms with Crippen molar-refractivity contribution in [2.24, 2.45) is 4.99 Å². The molecule has 0 bridgehead atoms. The van der Waals surface area contributed by atoms with Gasteiger partial charge in [0.1, 0.15) is 0 Å². The number of hydrogen-bond acceptors (Lipinski definition) is 2. The lowest BCUT2D eigenvalue weighted by molar-refractivity contribution is -0.116. The third kappa shape index (κ3) is 5.09.